The second-order valence-electron chi connectivity index (χ2n) is 7.62. The van der Waals surface area contributed by atoms with Crippen LogP contribution in [0, 0.1) is 11.8 Å². The van der Waals surface area contributed by atoms with Gasteiger partial charge in [-0.25, -0.2) is 4.98 Å². The standard InChI is InChI=1S/C21H29N5O/c1-16(2)14-26-10-8-17(15-26)11-25-21(27)18-6-7-20(23-12-18)24-13-19-5-3-4-9-22-19/h3-7,9,12,16-17H,8,10-11,13-15H2,1-2H3,(H,23,24)(H,25,27). The molecule has 6 nitrogen and oxygen atoms in total. The lowest BCUT2D eigenvalue weighted by molar-refractivity contribution is 0.0947. The van der Waals surface area contributed by atoms with E-state index in [0.717, 1.165) is 44.1 Å². The van der Waals surface area contributed by atoms with Crippen LogP contribution in [0.25, 0.3) is 0 Å². The molecule has 1 unspecified atom stereocenters. The Labute approximate surface area is 161 Å². The molecule has 3 rings (SSSR count). The van der Waals surface area contributed by atoms with Crippen molar-refractivity contribution in [1.29, 1.82) is 0 Å². The van der Waals surface area contributed by atoms with Crippen LogP contribution >= 0.6 is 0 Å². The van der Waals surface area contributed by atoms with Crippen LogP contribution in [0.4, 0.5) is 5.82 Å². The number of carbonyl (C=O) groups is 1. The Kier molecular flexibility index (Phi) is 6.76. The molecule has 0 saturated carbocycles. The van der Waals surface area contributed by atoms with Crippen molar-refractivity contribution >= 4 is 11.7 Å². The van der Waals surface area contributed by atoms with Crippen molar-refractivity contribution in [3.63, 3.8) is 0 Å². The lowest BCUT2D eigenvalue weighted by Crippen LogP contribution is -2.31. The number of carbonyl (C=O) groups excluding carboxylic acids is 1. The Balaban J connectivity index is 1.42. The van der Waals surface area contributed by atoms with E-state index in [1.807, 2.05) is 30.3 Å². The second kappa shape index (κ2) is 9.46. The lowest BCUT2D eigenvalue weighted by atomic mass is 10.1. The molecule has 0 aromatic carbocycles. The van der Waals surface area contributed by atoms with Crippen molar-refractivity contribution in [2.24, 2.45) is 11.8 Å². The molecule has 2 N–H and O–H groups in total. The lowest BCUT2D eigenvalue weighted by Gasteiger charge is -2.18. The first-order valence-electron chi connectivity index (χ1n) is 9.70. The molecule has 0 aliphatic carbocycles. The third kappa shape index (κ3) is 6.03. The maximum absolute atomic E-state index is 12.4. The van der Waals surface area contributed by atoms with Gasteiger partial charge in [-0.2, -0.15) is 0 Å². The Morgan fingerprint density at radius 3 is 2.85 bits per heavy atom. The van der Waals surface area contributed by atoms with Crippen LogP contribution < -0.4 is 10.6 Å². The molecule has 3 heterocycles. The van der Waals surface area contributed by atoms with Crippen molar-refractivity contribution in [3.8, 4) is 0 Å². The molecule has 0 bridgehead atoms. The third-order valence-electron chi connectivity index (χ3n) is 4.75. The summed E-state index contributed by atoms with van der Waals surface area (Å²) < 4.78 is 0. The van der Waals surface area contributed by atoms with E-state index in [0.29, 0.717) is 23.9 Å². The molecule has 1 amide bonds. The average molecular weight is 367 g/mol. The molecule has 1 fully saturated rings. The fraction of sp³-hybridized carbons (Fsp3) is 0.476. The van der Waals surface area contributed by atoms with Crippen LogP contribution in [0.15, 0.2) is 42.7 Å². The molecular weight excluding hydrogens is 338 g/mol. The van der Waals surface area contributed by atoms with Crippen molar-refractivity contribution < 1.29 is 4.79 Å². The zero-order valence-electron chi connectivity index (χ0n) is 16.2. The summed E-state index contributed by atoms with van der Waals surface area (Å²) >= 11 is 0. The summed E-state index contributed by atoms with van der Waals surface area (Å²) in [4.78, 5) is 23.4. The van der Waals surface area contributed by atoms with Gasteiger partial charge in [0.2, 0.25) is 0 Å². The summed E-state index contributed by atoms with van der Waals surface area (Å²) in [7, 11) is 0. The van der Waals surface area contributed by atoms with Crippen LogP contribution in [-0.2, 0) is 6.54 Å². The van der Waals surface area contributed by atoms with Crippen LogP contribution in [0.2, 0.25) is 0 Å². The largest absolute Gasteiger partial charge is 0.364 e. The van der Waals surface area contributed by atoms with Gasteiger partial charge in [-0.05, 0) is 49.1 Å². The summed E-state index contributed by atoms with van der Waals surface area (Å²) in [6.45, 7) is 9.18. The number of rotatable bonds is 8. The first-order valence-corrected chi connectivity index (χ1v) is 9.70. The van der Waals surface area contributed by atoms with E-state index in [2.05, 4.69) is 39.3 Å². The van der Waals surface area contributed by atoms with E-state index in [-0.39, 0.29) is 5.91 Å². The minimum Gasteiger partial charge on any atom is -0.364 e. The van der Waals surface area contributed by atoms with Gasteiger partial charge in [-0.3, -0.25) is 9.78 Å². The van der Waals surface area contributed by atoms with E-state index in [1.165, 1.54) is 0 Å². The molecule has 1 saturated heterocycles. The number of likely N-dealkylation sites (tertiary alicyclic amines) is 1. The van der Waals surface area contributed by atoms with Crippen molar-refractivity contribution in [2.75, 3.05) is 31.5 Å². The van der Waals surface area contributed by atoms with Gasteiger partial charge >= 0.3 is 0 Å². The number of anilines is 1. The third-order valence-corrected chi connectivity index (χ3v) is 4.75. The fourth-order valence-corrected chi connectivity index (χ4v) is 3.42. The zero-order chi connectivity index (χ0) is 19.1. The van der Waals surface area contributed by atoms with Gasteiger partial charge in [0.25, 0.3) is 5.91 Å². The van der Waals surface area contributed by atoms with E-state index in [1.54, 1.807) is 12.4 Å². The number of hydrogen-bond acceptors (Lipinski definition) is 5. The Morgan fingerprint density at radius 2 is 2.15 bits per heavy atom. The Morgan fingerprint density at radius 1 is 1.26 bits per heavy atom. The molecule has 1 aliphatic rings. The smallest absolute Gasteiger partial charge is 0.252 e. The molecule has 27 heavy (non-hydrogen) atoms. The zero-order valence-corrected chi connectivity index (χ0v) is 16.2. The summed E-state index contributed by atoms with van der Waals surface area (Å²) in [5, 5.41) is 6.27. The number of nitrogens with one attached hydrogen (secondary N) is 2. The van der Waals surface area contributed by atoms with E-state index < -0.39 is 0 Å². The maximum atomic E-state index is 12.4. The number of amides is 1. The van der Waals surface area contributed by atoms with Gasteiger partial charge in [-0.15, -0.1) is 0 Å². The average Bonchev–Trinajstić information content (AvgIpc) is 3.12. The molecule has 2 aromatic heterocycles. The normalized spacial score (nSPS) is 17.2. The van der Waals surface area contributed by atoms with Crippen LogP contribution in [-0.4, -0.2) is 47.0 Å². The quantitative estimate of drug-likeness (QED) is 0.751. The van der Waals surface area contributed by atoms with E-state index in [4.69, 9.17) is 0 Å². The van der Waals surface area contributed by atoms with Gasteiger partial charge in [0.15, 0.2) is 0 Å². The summed E-state index contributed by atoms with van der Waals surface area (Å²) in [5.41, 5.74) is 1.54. The highest BCUT2D eigenvalue weighted by atomic mass is 16.1. The predicted molar refractivity (Wildman–Crippen MR) is 108 cm³/mol. The highest BCUT2D eigenvalue weighted by Crippen LogP contribution is 2.17. The van der Waals surface area contributed by atoms with Gasteiger partial charge < -0.3 is 15.5 Å². The topological polar surface area (TPSA) is 70.2 Å². The highest BCUT2D eigenvalue weighted by Gasteiger charge is 2.23. The van der Waals surface area contributed by atoms with Crippen molar-refractivity contribution in [3.05, 3.63) is 54.0 Å². The van der Waals surface area contributed by atoms with Gasteiger partial charge in [0.1, 0.15) is 5.82 Å². The maximum Gasteiger partial charge on any atom is 0.252 e. The van der Waals surface area contributed by atoms with Crippen molar-refractivity contribution in [2.45, 2.75) is 26.8 Å². The van der Waals surface area contributed by atoms with E-state index in [9.17, 15) is 4.79 Å². The highest BCUT2D eigenvalue weighted by molar-refractivity contribution is 5.94. The summed E-state index contributed by atoms with van der Waals surface area (Å²) in [6, 6.07) is 9.45. The SMILES string of the molecule is CC(C)CN1CCC(CNC(=O)c2ccc(NCc3ccccn3)nc2)C1. The molecule has 0 spiro atoms. The molecule has 144 valence electrons. The van der Waals surface area contributed by atoms with Crippen LogP contribution in [0.1, 0.15) is 36.3 Å². The number of aromatic nitrogens is 2. The minimum atomic E-state index is -0.0546. The summed E-state index contributed by atoms with van der Waals surface area (Å²) in [5.74, 6) is 1.91. The van der Waals surface area contributed by atoms with E-state index >= 15 is 0 Å². The van der Waals surface area contributed by atoms with Gasteiger partial charge in [-0.1, -0.05) is 19.9 Å². The van der Waals surface area contributed by atoms with Crippen LogP contribution in [0.5, 0.6) is 0 Å². The number of pyridine rings is 2. The van der Waals surface area contributed by atoms with Crippen LogP contribution in [0.3, 0.4) is 0 Å². The summed E-state index contributed by atoms with van der Waals surface area (Å²) in [6.07, 6.45) is 4.54. The first kappa shape index (κ1) is 19.3. The molecule has 0 radical (unpaired) electrons. The van der Waals surface area contributed by atoms with Crippen molar-refractivity contribution in [1.82, 2.24) is 20.2 Å². The minimum absolute atomic E-state index is 0.0546. The second-order valence-corrected chi connectivity index (χ2v) is 7.62. The molecule has 1 atom stereocenters. The fourth-order valence-electron chi connectivity index (χ4n) is 3.42. The molecular formula is C21H29N5O. The Hall–Kier alpha value is -2.47. The Bertz CT molecular complexity index is 717. The monoisotopic (exact) mass is 367 g/mol. The van der Waals surface area contributed by atoms with Gasteiger partial charge in [0, 0.05) is 32.0 Å². The number of nitrogens with zero attached hydrogens (tertiary/aromatic N) is 3. The number of hydrogen-bond donors (Lipinski definition) is 2. The predicted octanol–water partition coefficient (Wildman–Crippen LogP) is 2.80. The first-order chi connectivity index (χ1) is 13.1. The molecule has 1 aliphatic heterocycles. The molecule has 2 aromatic rings. The van der Waals surface area contributed by atoms with Gasteiger partial charge in [0.05, 0.1) is 17.8 Å². The molecule has 6 heteroatoms.